The standard InChI is InChI=1S/C17H24N4O4/c1-5-12-6-8-13(9-7-12)19-20-10-14(11-22)21(20)15(23)18-16(24)25-17(2,3)4/h6-9,11,14,19H,5,10H2,1-4H3,(H,18,23,24)/t14-/m0/s1. The van der Waals surface area contributed by atoms with Gasteiger partial charge in [0, 0.05) is 0 Å². The lowest BCUT2D eigenvalue weighted by Crippen LogP contribution is -2.71. The van der Waals surface area contributed by atoms with E-state index in [0.29, 0.717) is 12.8 Å². The molecule has 1 saturated heterocycles. The number of alkyl carbamates (subject to hydrolysis) is 1. The minimum absolute atomic E-state index is 0.320. The van der Waals surface area contributed by atoms with Gasteiger partial charge in [0.15, 0.2) is 0 Å². The van der Waals surface area contributed by atoms with Crippen LogP contribution >= 0.6 is 0 Å². The molecule has 2 rings (SSSR count). The highest BCUT2D eigenvalue weighted by atomic mass is 16.6. The first kappa shape index (κ1) is 18.7. The first-order valence-corrected chi connectivity index (χ1v) is 8.15. The quantitative estimate of drug-likeness (QED) is 0.812. The normalized spacial score (nSPS) is 17.4. The Morgan fingerprint density at radius 3 is 2.44 bits per heavy atom. The highest BCUT2D eigenvalue weighted by Gasteiger charge is 2.41. The average molecular weight is 348 g/mol. The maximum Gasteiger partial charge on any atom is 0.415 e. The monoisotopic (exact) mass is 348 g/mol. The number of benzene rings is 1. The second kappa shape index (κ2) is 7.52. The van der Waals surface area contributed by atoms with Crippen LogP contribution in [0, 0.1) is 0 Å². The SMILES string of the molecule is CCc1ccc(NN2C[C@@H](C=O)N2C(=O)NC(=O)OC(C)(C)C)cc1. The van der Waals surface area contributed by atoms with Crippen LogP contribution < -0.4 is 10.7 Å². The number of nitrogens with zero attached hydrogens (tertiary/aromatic N) is 2. The summed E-state index contributed by atoms with van der Waals surface area (Å²) in [5.41, 5.74) is 4.28. The first-order valence-electron chi connectivity index (χ1n) is 8.15. The summed E-state index contributed by atoms with van der Waals surface area (Å²) in [6.07, 6.45) is 0.732. The maximum atomic E-state index is 12.3. The molecule has 0 unspecified atom stereocenters. The topological polar surface area (TPSA) is 91.0 Å². The van der Waals surface area contributed by atoms with Crippen LogP contribution in [-0.2, 0) is 16.0 Å². The summed E-state index contributed by atoms with van der Waals surface area (Å²) in [5, 5.41) is 4.74. The summed E-state index contributed by atoms with van der Waals surface area (Å²) in [7, 11) is 0. The van der Waals surface area contributed by atoms with E-state index in [9.17, 15) is 14.4 Å². The number of aldehydes is 1. The molecule has 8 heteroatoms. The van der Waals surface area contributed by atoms with Crippen molar-refractivity contribution >= 4 is 24.1 Å². The molecule has 8 nitrogen and oxygen atoms in total. The minimum atomic E-state index is -0.860. The number of anilines is 1. The Morgan fingerprint density at radius 2 is 1.92 bits per heavy atom. The van der Waals surface area contributed by atoms with Crippen LogP contribution in [0.25, 0.3) is 0 Å². The third-order valence-corrected chi connectivity index (χ3v) is 3.53. The van der Waals surface area contributed by atoms with Crippen molar-refractivity contribution in [3.63, 3.8) is 0 Å². The van der Waals surface area contributed by atoms with Gasteiger partial charge in [0.2, 0.25) is 0 Å². The van der Waals surface area contributed by atoms with Crippen molar-refractivity contribution in [1.29, 1.82) is 0 Å². The molecule has 1 aromatic rings. The van der Waals surface area contributed by atoms with Gasteiger partial charge in [0.1, 0.15) is 17.9 Å². The van der Waals surface area contributed by atoms with Crippen LogP contribution in [0.5, 0.6) is 0 Å². The Labute approximate surface area is 147 Å². The third kappa shape index (κ3) is 4.93. The molecule has 0 radical (unpaired) electrons. The van der Waals surface area contributed by atoms with Crippen molar-refractivity contribution in [1.82, 2.24) is 15.4 Å². The Morgan fingerprint density at radius 1 is 1.28 bits per heavy atom. The van der Waals surface area contributed by atoms with E-state index < -0.39 is 23.8 Å². The summed E-state index contributed by atoms with van der Waals surface area (Å²) in [6, 6.07) is 6.36. The van der Waals surface area contributed by atoms with Crippen molar-refractivity contribution in [2.75, 3.05) is 12.0 Å². The number of rotatable bonds is 4. The molecule has 136 valence electrons. The Hall–Kier alpha value is -2.61. The molecule has 0 bridgehead atoms. The number of imide groups is 1. The second-order valence-electron chi connectivity index (χ2n) is 6.72. The van der Waals surface area contributed by atoms with Crippen LogP contribution in [-0.4, -0.2) is 46.7 Å². The van der Waals surface area contributed by atoms with Crippen LogP contribution in [0.2, 0.25) is 0 Å². The van der Waals surface area contributed by atoms with Gasteiger partial charge in [-0.3, -0.25) is 0 Å². The maximum absolute atomic E-state index is 12.3. The number of aryl methyl sites for hydroxylation is 1. The number of amides is 3. The Kier molecular flexibility index (Phi) is 5.63. The summed E-state index contributed by atoms with van der Waals surface area (Å²) < 4.78 is 5.05. The zero-order valence-electron chi connectivity index (χ0n) is 14.9. The van der Waals surface area contributed by atoms with Gasteiger partial charge in [-0.1, -0.05) is 19.1 Å². The number of hydrogen-bond acceptors (Lipinski definition) is 6. The van der Waals surface area contributed by atoms with Gasteiger partial charge in [-0.15, -0.1) is 5.12 Å². The predicted octanol–water partition coefficient (Wildman–Crippen LogP) is 2.32. The first-order chi connectivity index (χ1) is 11.7. The predicted molar refractivity (Wildman–Crippen MR) is 92.6 cm³/mol. The van der Waals surface area contributed by atoms with Crippen molar-refractivity contribution in [3.8, 4) is 0 Å². The molecule has 1 atom stereocenters. The third-order valence-electron chi connectivity index (χ3n) is 3.53. The molecule has 0 saturated carbocycles. The number of carbonyl (C=O) groups excluding carboxylic acids is 3. The zero-order valence-corrected chi connectivity index (χ0v) is 14.9. The van der Waals surface area contributed by atoms with E-state index in [1.807, 2.05) is 24.3 Å². The molecular weight excluding hydrogens is 324 g/mol. The van der Waals surface area contributed by atoms with Crippen molar-refractivity contribution in [2.24, 2.45) is 0 Å². The molecule has 1 heterocycles. The van der Waals surface area contributed by atoms with E-state index in [2.05, 4.69) is 17.7 Å². The van der Waals surface area contributed by atoms with Crippen molar-refractivity contribution in [2.45, 2.75) is 45.8 Å². The van der Waals surface area contributed by atoms with Gasteiger partial charge in [-0.05, 0) is 44.9 Å². The van der Waals surface area contributed by atoms with E-state index in [4.69, 9.17) is 4.74 Å². The average Bonchev–Trinajstić information content (AvgIpc) is 2.49. The van der Waals surface area contributed by atoms with E-state index in [1.54, 1.807) is 20.8 Å². The highest BCUT2D eigenvalue weighted by Crippen LogP contribution is 2.20. The molecule has 1 aliphatic rings. The van der Waals surface area contributed by atoms with Crippen molar-refractivity contribution < 1.29 is 19.1 Å². The van der Waals surface area contributed by atoms with Gasteiger partial charge >= 0.3 is 12.1 Å². The summed E-state index contributed by atoms with van der Waals surface area (Å²) >= 11 is 0. The van der Waals surface area contributed by atoms with Crippen LogP contribution in [0.15, 0.2) is 24.3 Å². The molecule has 0 spiro atoms. The molecule has 3 amide bonds. The molecule has 1 aromatic carbocycles. The fourth-order valence-corrected chi connectivity index (χ4v) is 2.30. The molecule has 0 aromatic heterocycles. The number of urea groups is 1. The summed E-state index contributed by atoms with van der Waals surface area (Å²) in [4.78, 5) is 35.1. The van der Waals surface area contributed by atoms with Crippen LogP contribution in [0.4, 0.5) is 15.3 Å². The van der Waals surface area contributed by atoms with Gasteiger partial charge in [0.25, 0.3) is 0 Å². The van der Waals surface area contributed by atoms with Crippen LogP contribution in [0.1, 0.15) is 33.3 Å². The fraction of sp³-hybridized carbons (Fsp3) is 0.471. The number of ether oxygens (including phenoxy) is 1. The molecule has 1 fully saturated rings. The van der Waals surface area contributed by atoms with Gasteiger partial charge in [-0.2, -0.15) is 0 Å². The van der Waals surface area contributed by atoms with E-state index in [-0.39, 0.29) is 0 Å². The van der Waals surface area contributed by atoms with E-state index >= 15 is 0 Å². The number of hydrazine groups is 2. The molecule has 1 aliphatic heterocycles. The highest BCUT2D eigenvalue weighted by molar-refractivity contribution is 5.92. The Balaban J connectivity index is 1.99. The number of carbonyl (C=O) groups is 3. The minimum Gasteiger partial charge on any atom is -0.443 e. The summed E-state index contributed by atoms with van der Waals surface area (Å²) in [5.74, 6) is 0. The van der Waals surface area contributed by atoms with Gasteiger partial charge in [0.05, 0.1) is 12.2 Å². The number of hydrogen-bond donors (Lipinski definition) is 2. The molecular formula is C17H24N4O4. The summed E-state index contributed by atoms with van der Waals surface area (Å²) in [6.45, 7) is 7.48. The van der Waals surface area contributed by atoms with Gasteiger partial charge < -0.3 is 15.0 Å². The number of nitrogens with one attached hydrogen (secondary N) is 2. The molecule has 0 aliphatic carbocycles. The smallest absolute Gasteiger partial charge is 0.415 e. The van der Waals surface area contributed by atoms with E-state index in [1.165, 1.54) is 10.7 Å². The van der Waals surface area contributed by atoms with Crippen molar-refractivity contribution in [3.05, 3.63) is 29.8 Å². The van der Waals surface area contributed by atoms with E-state index in [0.717, 1.165) is 17.1 Å². The fourth-order valence-electron chi connectivity index (χ4n) is 2.30. The molecule has 2 N–H and O–H groups in total. The lowest BCUT2D eigenvalue weighted by Gasteiger charge is -2.47. The zero-order chi connectivity index (χ0) is 18.6. The second-order valence-corrected chi connectivity index (χ2v) is 6.72. The molecule has 25 heavy (non-hydrogen) atoms. The lowest BCUT2D eigenvalue weighted by atomic mass is 10.1. The van der Waals surface area contributed by atoms with Crippen LogP contribution in [0.3, 0.4) is 0 Å². The Bertz CT molecular complexity index is 639. The largest absolute Gasteiger partial charge is 0.443 e. The lowest BCUT2D eigenvalue weighted by molar-refractivity contribution is -0.136. The van der Waals surface area contributed by atoms with Gasteiger partial charge in [-0.25, -0.2) is 19.9 Å².